The Morgan fingerprint density at radius 2 is 1.83 bits per heavy atom. The number of carbonyl (C=O) groups excluding carboxylic acids is 4. The lowest BCUT2D eigenvalue weighted by molar-refractivity contribution is -0.146. The molecule has 254 valence electrons. The lowest BCUT2D eigenvalue weighted by atomic mass is 9.80. The highest BCUT2D eigenvalue weighted by Gasteiger charge is 2.59. The number of H-pyrrole nitrogens is 1. The van der Waals surface area contributed by atoms with Crippen molar-refractivity contribution in [2.24, 2.45) is 11.3 Å². The smallest absolute Gasteiger partial charge is 0.302 e. The van der Waals surface area contributed by atoms with Crippen LogP contribution in [-0.2, 0) is 19.8 Å². The Kier molecular flexibility index (Phi) is 9.07. The maximum atomic E-state index is 14.4. The van der Waals surface area contributed by atoms with E-state index in [2.05, 4.69) is 20.5 Å². The van der Waals surface area contributed by atoms with Crippen LogP contribution in [-0.4, -0.2) is 70.3 Å². The molecule has 2 aromatic carbocycles. The first kappa shape index (κ1) is 34.5. The molecule has 3 aromatic rings. The summed E-state index contributed by atoms with van der Waals surface area (Å²) in [6.07, 6.45) is -0.461. The minimum absolute atomic E-state index is 0.0331. The Bertz CT molecular complexity index is 1840. The van der Waals surface area contributed by atoms with Crippen molar-refractivity contribution >= 4 is 40.2 Å². The van der Waals surface area contributed by atoms with Gasteiger partial charge in [0.15, 0.2) is 11.6 Å². The van der Waals surface area contributed by atoms with Gasteiger partial charge in [-0.3, -0.25) is 28.9 Å². The molecule has 1 saturated heterocycles. The van der Waals surface area contributed by atoms with Gasteiger partial charge < -0.3 is 20.5 Å². The normalized spacial score (nSPS) is 20.1. The van der Waals surface area contributed by atoms with Gasteiger partial charge in [0.2, 0.25) is 11.8 Å². The van der Waals surface area contributed by atoms with Crippen LogP contribution in [0, 0.1) is 35.4 Å². The molecule has 10 nitrogen and oxygen atoms in total. The predicted octanol–water partition coefficient (Wildman–Crippen LogP) is 5.36. The highest BCUT2D eigenvalue weighted by atomic mass is 19.2. The van der Waals surface area contributed by atoms with Crippen molar-refractivity contribution in [3.63, 3.8) is 0 Å². The molecule has 1 spiro atoms. The van der Waals surface area contributed by atoms with Gasteiger partial charge in [-0.25, -0.2) is 19.7 Å². The molecule has 0 bridgehead atoms. The van der Waals surface area contributed by atoms with Crippen molar-refractivity contribution in [1.29, 1.82) is 0 Å². The lowest BCUT2D eigenvalue weighted by Gasteiger charge is -2.35. The van der Waals surface area contributed by atoms with Crippen LogP contribution in [0.1, 0.15) is 69.9 Å². The molecule has 3 heterocycles. The van der Waals surface area contributed by atoms with E-state index in [4.69, 9.17) is 6.57 Å². The van der Waals surface area contributed by atoms with Crippen molar-refractivity contribution in [3.8, 4) is 0 Å². The Morgan fingerprint density at radius 3 is 2.48 bits per heavy atom. The molecular formula is C35H39F3N6O4. The second-order valence-electron chi connectivity index (χ2n) is 14.4. The highest BCUT2D eigenvalue weighted by Crippen LogP contribution is 2.47. The zero-order valence-electron chi connectivity index (χ0n) is 27.7. The molecule has 4 atom stereocenters. The maximum absolute atomic E-state index is 14.4. The average molecular weight is 665 g/mol. The van der Waals surface area contributed by atoms with Gasteiger partial charge in [-0.2, -0.15) is 0 Å². The monoisotopic (exact) mass is 664 g/mol. The molecule has 0 aliphatic carbocycles. The van der Waals surface area contributed by atoms with Crippen molar-refractivity contribution in [1.82, 2.24) is 20.1 Å². The summed E-state index contributed by atoms with van der Waals surface area (Å²) in [5.74, 6) is -6.09. The topological polar surface area (TPSA) is 119 Å². The number of carbonyl (C=O) groups is 4. The summed E-state index contributed by atoms with van der Waals surface area (Å²) >= 11 is 0. The predicted molar refractivity (Wildman–Crippen MR) is 173 cm³/mol. The number of amides is 4. The molecule has 0 saturated carbocycles. The number of benzene rings is 2. The standard InChI is InChI=1S/C35H39F3N6O4/c1-18(2)12-26(32(47)44-17-35(16-27(44)39-6)20-10-8-9-11-23(20)42-33(35)48)43(7)31(46)25(15-34(3,4)5)41-30(45)24-13-19-21(36)14-22(37)28(38)29(19)40-24/h8-11,13-14,18,25-27,40H,12,15-17H2,1-5,7H3,(H,41,45)(H,42,48)/t25-,26-,27-,35-/m0/s1. The summed E-state index contributed by atoms with van der Waals surface area (Å²) < 4.78 is 42.6. The number of likely N-dealkylation sites (N-methyl/N-ethyl adjacent to an activating group) is 1. The fraction of sp³-hybridized carbons (Fsp3) is 0.457. The van der Waals surface area contributed by atoms with Gasteiger partial charge in [-0.05, 0) is 41.9 Å². The molecule has 5 rings (SSSR count). The van der Waals surface area contributed by atoms with E-state index < -0.39 is 69.8 Å². The van der Waals surface area contributed by atoms with E-state index in [0.29, 0.717) is 11.8 Å². The molecular weight excluding hydrogens is 625 g/mol. The van der Waals surface area contributed by atoms with Crippen molar-refractivity contribution in [2.75, 3.05) is 18.9 Å². The summed E-state index contributed by atoms with van der Waals surface area (Å²) in [5, 5.41) is 5.20. The van der Waals surface area contributed by atoms with Gasteiger partial charge in [0.05, 0.1) is 11.9 Å². The Morgan fingerprint density at radius 1 is 1.15 bits per heavy atom. The number of anilines is 1. The zero-order chi connectivity index (χ0) is 35.3. The van der Waals surface area contributed by atoms with E-state index in [1.54, 1.807) is 18.2 Å². The van der Waals surface area contributed by atoms with Crippen molar-refractivity contribution in [3.05, 3.63) is 76.5 Å². The van der Waals surface area contributed by atoms with Crippen LogP contribution in [0.3, 0.4) is 0 Å². The van der Waals surface area contributed by atoms with Crippen molar-refractivity contribution in [2.45, 2.75) is 77.5 Å². The van der Waals surface area contributed by atoms with E-state index in [-0.39, 0.29) is 48.7 Å². The van der Waals surface area contributed by atoms with Crippen LogP contribution >= 0.6 is 0 Å². The number of likely N-dealkylation sites (tertiary alicyclic amines) is 1. The van der Waals surface area contributed by atoms with Gasteiger partial charge in [0.25, 0.3) is 11.8 Å². The molecule has 13 heteroatoms. The Hall–Kier alpha value is -4.86. The summed E-state index contributed by atoms with van der Waals surface area (Å²) in [6.45, 7) is 17.2. The first-order chi connectivity index (χ1) is 22.5. The third kappa shape index (κ3) is 6.23. The lowest BCUT2D eigenvalue weighted by Crippen LogP contribution is -2.56. The minimum Gasteiger partial charge on any atom is -0.348 e. The van der Waals surface area contributed by atoms with E-state index in [1.165, 1.54) is 16.8 Å². The van der Waals surface area contributed by atoms with Crippen LogP contribution in [0.5, 0.6) is 0 Å². The van der Waals surface area contributed by atoms with Crippen LogP contribution in [0.2, 0.25) is 0 Å². The molecule has 0 unspecified atom stereocenters. The van der Waals surface area contributed by atoms with Crippen LogP contribution < -0.4 is 10.6 Å². The van der Waals surface area contributed by atoms with Gasteiger partial charge >= 0.3 is 6.17 Å². The summed E-state index contributed by atoms with van der Waals surface area (Å²) in [7, 11) is 1.46. The van der Waals surface area contributed by atoms with E-state index >= 15 is 0 Å². The number of aromatic nitrogens is 1. The number of rotatable bonds is 8. The summed E-state index contributed by atoms with van der Waals surface area (Å²) in [5.41, 5.74) is -1.04. The number of aromatic amines is 1. The number of nitrogens with zero attached hydrogens (tertiary/aromatic N) is 3. The van der Waals surface area contributed by atoms with Crippen LogP contribution in [0.15, 0.2) is 36.4 Å². The number of nitrogens with one attached hydrogen (secondary N) is 3. The number of fused-ring (bicyclic) bond motifs is 3. The third-order valence-corrected chi connectivity index (χ3v) is 9.11. The quantitative estimate of drug-likeness (QED) is 0.222. The number of hydrogen-bond acceptors (Lipinski definition) is 4. The fourth-order valence-corrected chi connectivity index (χ4v) is 6.78. The molecule has 1 fully saturated rings. The van der Waals surface area contributed by atoms with E-state index in [0.717, 1.165) is 11.6 Å². The van der Waals surface area contributed by atoms with Gasteiger partial charge in [-0.15, -0.1) is 0 Å². The summed E-state index contributed by atoms with van der Waals surface area (Å²) in [6, 6.07) is 6.42. The first-order valence-corrected chi connectivity index (χ1v) is 15.8. The van der Waals surface area contributed by atoms with Gasteiger partial charge in [0, 0.05) is 30.7 Å². The fourth-order valence-electron chi connectivity index (χ4n) is 6.78. The molecule has 2 aliphatic rings. The molecule has 2 aliphatic heterocycles. The molecule has 48 heavy (non-hydrogen) atoms. The second kappa shape index (κ2) is 12.6. The number of hydrogen-bond donors (Lipinski definition) is 3. The van der Waals surface area contributed by atoms with Gasteiger partial charge in [-0.1, -0.05) is 52.8 Å². The van der Waals surface area contributed by atoms with Crippen LogP contribution in [0.25, 0.3) is 15.7 Å². The van der Waals surface area contributed by atoms with E-state index in [9.17, 15) is 32.3 Å². The Labute approximate surface area is 276 Å². The maximum Gasteiger partial charge on any atom is 0.302 e. The third-order valence-electron chi connectivity index (χ3n) is 9.11. The molecule has 3 N–H and O–H groups in total. The van der Waals surface area contributed by atoms with Crippen LogP contribution in [0.4, 0.5) is 18.9 Å². The zero-order valence-corrected chi connectivity index (χ0v) is 27.7. The number of para-hydroxylation sites is 1. The first-order valence-electron chi connectivity index (χ1n) is 15.8. The molecule has 0 radical (unpaired) electrons. The SMILES string of the molecule is [C-]#[N+][C@@H]1C[C@@]2(CN1C(=O)[C@H](CC(C)C)N(C)C(=O)[C@H](CC(C)(C)C)NC(=O)c1cc3c(F)cc(F)c(F)c3[nH]1)C(=O)Nc1ccccc12. The van der Waals surface area contributed by atoms with Crippen molar-refractivity contribution < 1.29 is 32.3 Å². The highest BCUT2D eigenvalue weighted by molar-refractivity contribution is 6.07. The average Bonchev–Trinajstić information content (AvgIpc) is 3.71. The molecule has 4 amide bonds. The van der Waals surface area contributed by atoms with E-state index in [1.807, 2.05) is 40.7 Å². The number of halogens is 3. The Balaban J connectivity index is 1.43. The van der Waals surface area contributed by atoms with Gasteiger partial charge in [0.1, 0.15) is 29.0 Å². The molecule has 1 aromatic heterocycles. The minimum atomic E-state index is -1.42. The largest absolute Gasteiger partial charge is 0.348 e. The second-order valence-corrected chi connectivity index (χ2v) is 14.4. The summed E-state index contributed by atoms with van der Waals surface area (Å²) in [4.78, 5) is 64.1.